The molecule has 0 atom stereocenters. The number of hydrogen-bond acceptors (Lipinski definition) is 5. The molecule has 0 spiro atoms. The summed E-state index contributed by atoms with van der Waals surface area (Å²) >= 11 is 0. The lowest BCUT2D eigenvalue weighted by Crippen LogP contribution is -2.24. The van der Waals surface area contributed by atoms with Crippen LogP contribution in [0.5, 0.6) is 0 Å². The van der Waals surface area contributed by atoms with E-state index in [1.54, 1.807) is 12.3 Å². The lowest BCUT2D eigenvalue weighted by Gasteiger charge is -2.19. The molecule has 1 aliphatic rings. The van der Waals surface area contributed by atoms with Crippen molar-refractivity contribution in [2.75, 3.05) is 11.9 Å². The fourth-order valence-corrected chi connectivity index (χ4v) is 4.08. The second kappa shape index (κ2) is 9.45. The molecule has 4 rings (SSSR count). The Morgan fingerprint density at radius 1 is 0.970 bits per heavy atom. The van der Waals surface area contributed by atoms with E-state index in [9.17, 15) is 9.59 Å². The molecule has 170 valence electrons. The number of hydrogen-bond donors (Lipinski definition) is 1. The van der Waals surface area contributed by atoms with Crippen LogP contribution < -0.4 is 5.32 Å². The third kappa shape index (κ3) is 5.58. The Hall–Kier alpha value is -3.67. The van der Waals surface area contributed by atoms with Crippen molar-refractivity contribution in [3.63, 3.8) is 0 Å². The molecule has 6 nitrogen and oxygen atoms in total. The van der Waals surface area contributed by atoms with Gasteiger partial charge in [0.1, 0.15) is 18.0 Å². The topological polar surface area (TPSA) is 77.5 Å². The van der Waals surface area contributed by atoms with Crippen molar-refractivity contribution in [3.05, 3.63) is 83.6 Å². The van der Waals surface area contributed by atoms with Gasteiger partial charge < -0.3 is 9.47 Å². The zero-order valence-electron chi connectivity index (χ0n) is 19.1. The van der Waals surface area contributed by atoms with Gasteiger partial charge >= 0.3 is 12.1 Å². The lowest BCUT2D eigenvalue weighted by atomic mass is 9.98. The number of esters is 1. The molecular formula is C27H28N2O4. The minimum atomic E-state index is -0.561. The van der Waals surface area contributed by atoms with Crippen LogP contribution in [0.1, 0.15) is 49.8 Å². The summed E-state index contributed by atoms with van der Waals surface area (Å²) in [5, 5.41) is 2.69. The van der Waals surface area contributed by atoms with Gasteiger partial charge in [0.2, 0.25) is 0 Å². The molecule has 1 heterocycles. The fraction of sp³-hybridized carbons (Fsp3) is 0.296. The Balaban J connectivity index is 1.35. The third-order valence-electron chi connectivity index (χ3n) is 5.44. The normalized spacial score (nSPS) is 12.6. The van der Waals surface area contributed by atoms with Gasteiger partial charge in [0.05, 0.1) is 0 Å². The van der Waals surface area contributed by atoms with E-state index in [1.807, 2.05) is 51.1 Å². The zero-order chi connectivity index (χ0) is 23.4. The number of carbonyl (C=O) groups is 2. The second-order valence-electron chi connectivity index (χ2n) is 9.09. The smallest absolute Gasteiger partial charge is 0.412 e. The SMILES string of the molecule is CC(C)(C)OC(=O)CCc1ccnc(NC(=O)OCC2c3ccccc3-c3ccccc32)c1. The summed E-state index contributed by atoms with van der Waals surface area (Å²) in [6, 6.07) is 20.0. The fourth-order valence-electron chi connectivity index (χ4n) is 4.08. The van der Waals surface area contributed by atoms with Crippen molar-refractivity contribution < 1.29 is 19.1 Å². The number of nitrogens with zero attached hydrogens (tertiary/aromatic N) is 1. The quantitative estimate of drug-likeness (QED) is 0.492. The number of pyridine rings is 1. The molecule has 0 saturated carbocycles. The van der Waals surface area contributed by atoms with E-state index >= 15 is 0 Å². The van der Waals surface area contributed by atoms with E-state index in [0.29, 0.717) is 12.2 Å². The van der Waals surface area contributed by atoms with Crippen LogP contribution >= 0.6 is 0 Å². The number of ether oxygens (including phenoxy) is 2. The van der Waals surface area contributed by atoms with E-state index in [-0.39, 0.29) is 24.9 Å². The van der Waals surface area contributed by atoms with E-state index in [2.05, 4.69) is 34.6 Å². The van der Waals surface area contributed by atoms with E-state index in [4.69, 9.17) is 9.47 Å². The zero-order valence-corrected chi connectivity index (χ0v) is 19.1. The van der Waals surface area contributed by atoms with Crippen LogP contribution in [0.4, 0.5) is 10.6 Å². The van der Waals surface area contributed by atoms with Gasteiger partial charge in [-0.25, -0.2) is 9.78 Å². The van der Waals surface area contributed by atoms with Gasteiger partial charge in [-0.15, -0.1) is 0 Å². The Morgan fingerprint density at radius 2 is 1.61 bits per heavy atom. The molecule has 0 saturated heterocycles. The number of aromatic nitrogens is 1. The van der Waals surface area contributed by atoms with Crippen LogP contribution in [0.25, 0.3) is 11.1 Å². The van der Waals surface area contributed by atoms with Crippen molar-refractivity contribution in [2.45, 2.75) is 45.1 Å². The summed E-state index contributed by atoms with van der Waals surface area (Å²) in [6.07, 6.45) is 1.79. The summed E-state index contributed by atoms with van der Waals surface area (Å²) in [5.74, 6) is 0.121. The van der Waals surface area contributed by atoms with E-state index in [0.717, 1.165) is 16.7 Å². The third-order valence-corrected chi connectivity index (χ3v) is 5.44. The molecule has 0 fully saturated rings. The highest BCUT2D eigenvalue weighted by molar-refractivity contribution is 5.84. The van der Waals surface area contributed by atoms with Gasteiger partial charge in [-0.3, -0.25) is 10.1 Å². The molecule has 1 aromatic heterocycles. The molecular weight excluding hydrogens is 416 g/mol. The predicted molar refractivity (Wildman–Crippen MR) is 127 cm³/mol. The first kappa shape index (κ1) is 22.5. The predicted octanol–water partition coefficient (Wildman–Crippen LogP) is 5.72. The van der Waals surface area contributed by atoms with Gasteiger partial charge in [0, 0.05) is 18.5 Å². The van der Waals surface area contributed by atoms with E-state index in [1.165, 1.54) is 11.1 Å². The molecule has 3 aromatic rings. The molecule has 0 aliphatic heterocycles. The van der Waals surface area contributed by atoms with Crippen LogP contribution in [-0.2, 0) is 20.7 Å². The molecule has 1 aliphatic carbocycles. The minimum Gasteiger partial charge on any atom is -0.460 e. The van der Waals surface area contributed by atoms with Crippen molar-refractivity contribution in [2.24, 2.45) is 0 Å². The maximum atomic E-state index is 12.5. The maximum absolute atomic E-state index is 12.5. The van der Waals surface area contributed by atoms with Crippen LogP contribution in [0, 0.1) is 0 Å². The minimum absolute atomic E-state index is 0.00345. The molecule has 1 amide bonds. The number of amides is 1. The van der Waals surface area contributed by atoms with Crippen LogP contribution in [-0.4, -0.2) is 29.3 Å². The van der Waals surface area contributed by atoms with Crippen LogP contribution in [0.3, 0.4) is 0 Å². The first-order chi connectivity index (χ1) is 15.8. The Kier molecular flexibility index (Phi) is 6.45. The summed E-state index contributed by atoms with van der Waals surface area (Å²) in [4.78, 5) is 28.6. The lowest BCUT2D eigenvalue weighted by molar-refractivity contribution is -0.154. The first-order valence-electron chi connectivity index (χ1n) is 11.1. The highest BCUT2D eigenvalue weighted by Crippen LogP contribution is 2.44. The molecule has 33 heavy (non-hydrogen) atoms. The average molecular weight is 445 g/mol. The van der Waals surface area contributed by atoms with Gasteiger partial charge in [-0.05, 0) is 67.1 Å². The maximum Gasteiger partial charge on any atom is 0.412 e. The summed E-state index contributed by atoms with van der Waals surface area (Å²) in [7, 11) is 0. The number of rotatable bonds is 6. The number of fused-ring (bicyclic) bond motifs is 3. The Bertz CT molecular complexity index is 1120. The Labute approximate surface area is 194 Å². The molecule has 0 bridgehead atoms. The van der Waals surface area contributed by atoms with Gasteiger partial charge in [-0.1, -0.05) is 48.5 Å². The average Bonchev–Trinajstić information content (AvgIpc) is 3.09. The summed E-state index contributed by atoms with van der Waals surface area (Å²) in [6.45, 7) is 5.76. The van der Waals surface area contributed by atoms with Crippen molar-refractivity contribution in [1.29, 1.82) is 0 Å². The molecule has 2 aromatic carbocycles. The summed E-state index contributed by atoms with van der Waals surface area (Å²) in [5.41, 5.74) is 5.06. The largest absolute Gasteiger partial charge is 0.460 e. The number of anilines is 1. The number of benzene rings is 2. The standard InChI is InChI=1S/C27H28N2O4/c1-27(2,3)33-25(30)13-12-18-14-15-28-24(16-18)29-26(31)32-17-23-21-10-6-4-8-19(21)20-9-5-7-11-22(20)23/h4-11,14-16,23H,12-13,17H2,1-3H3,(H,28,29,31). The van der Waals surface area contributed by atoms with Crippen LogP contribution in [0.15, 0.2) is 66.9 Å². The first-order valence-corrected chi connectivity index (χ1v) is 11.1. The van der Waals surface area contributed by atoms with Crippen molar-refractivity contribution in [1.82, 2.24) is 4.98 Å². The molecule has 0 unspecified atom stereocenters. The van der Waals surface area contributed by atoms with Crippen molar-refractivity contribution >= 4 is 17.9 Å². The van der Waals surface area contributed by atoms with Gasteiger partial charge in [-0.2, -0.15) is 0 Å². The molecule has 0 radical (unpaired) electrons. The van der Waals surface area contributed by atoms with E-state index < -0.39 is 11.7 Å². The number of carbonyl (C=O) groups excluding carboxylic acids is 2. The number of aryl methyl sites for hydroxylation is 1. The second-order valence-corrected chi connectivity index (χ2v) is 9.09. The highest BCUT2D eigenvalue weighted by Gasteiger charge is 2.29. The van der Waals surface area contributed by atoms with Gasteiger partial charge in [0.15, 0.2) is 0 Å². The molecule has 1 N–H and O–H groups in total. The monoisotopic (exact) mass is 444 g/mol. The highest BCUT2D eigenvalue weighted by atomic mass is 16.6. The number of nitrogens with one attached hydrogen (secondary N) is 1. The van der Waals surface area contributed by atoms with Gasteiger partial charge in [0.25, 0.3) is 0 Å². The summed E-state index contributed by atoms with van der Waals surface area (Å²) < 4.78 is 10.9. The van der Waals surface area contributed by atoms with Crippen LogP contribution in [0.2, 0.25) is 0 Å². The molecule has 6 heteroatoms. The Morgan fingerprint density at radius 3 is 2.24 bits per heavy atom. The van der Waals surface area contributed by atoms with Crippen molar-refractivity contribution in [3.8, 4) is 11.1 Å².